The SMILES string of the molecule is CCN(CC)CCc1ncc(CCl)c(C(C)C)n1. The lowest BCUT2D eigenvalue weighted by Crippen LogP contribution is -2.26. The molecule has 3 nitrogen and oxygen atoms in total. The Bertz CT molecular complexity index is 362. The third-order valence-corrected chi connectivity index (χ3v) is 3.47. The Kier molecular flexibility index (Phi) is 6.58. The number of halogens is 1. The van der Waals surface area contributed by atoms with Crippen LogP contribution in [0, 0.1) is 0 Å². The first-order valence-electron chi connectivity index (χ1n) is 6.75. The van der Waals surface area contributed by atoms with Crippen molar-refractivity contribution in [3.63, 3.8) is 0 Å². The van der Waals surface area contributed by atoms with Crippen molar-refractivity contribution in [2.45, 2.75) is 45.9 Å². The van der Waals surface area contributed by atoms with Crippen LogP contribution in [0.5, 0.6) is 0 Å². The molecule has 0 aliphatic rings. The first kappa shape index (κ1) is 15.4. The van der Waals surface area contributed by atoms with Crippen LogP contribution in [0.3, 0.4) is 0 Å². The summed E-state index contributed by atoms with van der Waals surface area (Å²) in [7, 11) is 0. The third-order valence-electron chi connectivity index (χ3n) is 3.18. The van der Waals surface area contributed by atoms with E-state index in [1.807, 2.05) is 6.20 Å². The van der Waals surface area contributed by atoms with Crippen molar-refractivity contribution in [1.82, 2.24) is 14.9 Å². The van der Waals surface area contributed by atoms with Gasteiger partial charge in [-0.3, -0.25) is 0 Å². The van der Waals surface area contributed by atoms with Crippen molar-refractivity contribution in [2.75, 3.05) is 19.6 Å². The molecule has 0 aliphatic heterocycles. The first-order chi connectivity index (χ1) is 8.62. The van der Waals surface area contributed by atoms with Gasteiger partial charge in [-0.1, -0.05) is 27.7 Å². The van der Waals surface area contributed by atoms with Crippen LogP contribution in [0.15, 0.2) is 6.20 Å². The number of rotatable bonds is 7. The van der Waals surface area contributed by atoms with E-state index in [4.69, 9.17) is 11.6 Å². The number of aromatic nitrogens is 2. The van der Waals surface area contributed by atoms with E-state index in [2.05, 4.69) is 42.6 Å². The monoisotopic (exact) mass is 269 g/mol. The quantitative estimate of drug-likeness (QED) is 0.712. The van der Waals surface area contributed by atoms with E-state index in [1.165, 1.54) is 0 Å². The maximum atomic E-state index is 5.91. The standard InChI is InChI=1S/C14H24ClN3/c1-5-18(6-2)8-7-13-16-10-12(9-15)14(17-13)11(3)4/h10-11H,5-9H2,1-4H3. The van der Waals surface area contributed by atoms with Crippen molar-refractivity contribution in [3.05, 3.63) is 23.3 Å². The Morgan fingerprint density at radius 1 is 1.28 bits per heavy atom. The van der Waals surface area contributed by atoms with E-state index in [0.717, 1.165) is 43.1 Å². The number of hydrogen-bond donors (Lipinski definition) is 0. The van der Waals surface area contributed by atoms with Gasteiger partial charge in [-0.05, 0) is 19.0 Å². The zero-order chi connectivity index (χ0) is 13.5. The lowest BCUT2D eigenvalue weighted by molar-refractivity contribution is 0.305. The minimum Gasteiger partial charge on any atom is -0.303 e. The van der Waals surface area contributed by atoms with Crippen LogP contribution in [0.25, 0.3) is 0 Å². The smallest absolute Gasteiger partial charge is 0.129 e. The summed E-state index contributed by atoms with van der Waals surface area (Å²) in [4.78, 5) is 11.5. The highest BCUT2D eigenvalue weighted by Crippen LogP contribution is 2.18. The molecule has 0 saturated carbocycles. The Hall–Kier alpha value is -0.670. The van der Waals surface area contributed by atoms with Gasteiger partial charge < -0.3 is 4.90 Å². The molecule has 0 atom stereocenters. The molecule has 1 aromatic heterocycles. The normalized spacial score (nSPS) is 11.5. The van der Waals surface area contributed by atoms with E-state index in [0.29, 0.717) is 11.8 Å². The summed E-state index contributed by atoms with van der Waals surface area (Å²) in [6.07, 6.45) is 2.79. The summed E-state index contributed by atoms with van der Waals surface area (Å²) in [5.41, 5.74) is 2.15. The molecule has 0 unspecified atom stereocenters. The molecule has 0 saturated heterocycles. The molecule has 0 spiro atoms. The van der Waals surface area contributed by atoms with Gasteiger partial charge in [-0.15, -0.1) is 11.6 Å². The lowest BCUT2D eigenvalue weighted by atomic mass is 10.1. The van der Waals surface area contributed by atoms with Crippen LogP contribution in [-0.4, -0.2) is 34.5 Å². The van der Waals surface area contributed by atoms with E-state index in [1.54, 1.807) is 0 Å². The molecule has 102 valence electrons. The van der Waals surface area contributed by atoms with Crippen molar-refractivity contribution in [1.29, 1.82) is 0 Å². The van der Waals surface area contributed by atoms with E-state index in [9.17, 15) is 0 Å². The molecule has 0 radical (unpaired) electrons. The molecular weight excluding hydrogens is 246 g/mol. The molecule has 18 heavy (non-hydrogen) atoms. The Labute approximate surface area is 116 Å². The molecule has 0 aliphatic carbocycles. The zero-order valence-electron chi connectivity index (χ0n) is 11.9. The predicted octanol–water partition coefficient (Wildman–Crippen LogP) is 3.22. The number of hydrogen-bond acceptors (Lipinski definition) is 3. The van der Waals surface area contributed by atoms with Gasteiger partial charge >= 0.3 is 0 Å². The Balaban J connectivity index is 2.75. The lowest BCUT2D eigenvalue weighted by Gasteiger charge is -2.17. The highest BCUT2D eigenvalue weighted by Gasteiger charge is 2.10. The van der Waals surface area contributed by atoms with Gasteiger partial charge in [-0.25, -0.2) is 9.97 Å². The van der Waals surface area contributed by atoms with Gasteiger partial charge in [0.1, 0.15) is 5.82 Å². The zero-order valence-corrected chi connectivity index (χ0v) is 12.7. The molecule has 0 amide bonds. The molecule has 0 aromatic carbocycles. The molecule has 0 bridgehead atoms. The second-order valence-electron chi connectivity index (χ2n) is 4.76. The summed E-state index contributed by atoms with van der Waals surface area (Å²) < 4.78 is 0. The van der Waals surface area contributed by atoms with E-state index >= 15 is 0 Å². The maximum Gasteiger partial charge on any atom is 0.129 e. The van der Waals surface area contributed by atoms with Crippen LogP contribution in [0.4, 0.5) is 0 Å². The molecule has 1 rings (SSSR count). The van der Waals surface area contributed by atoms with Gasteiger partial charge in [-0.2, -0.15) is 0 Å². The van der Waals surface area contributed by atoms with Crippen molar-refractivity contribution in [3.8, 4) is 0 Å². The van der Waals surface area contributed by atoms with Crippen molar-refractivity contribution >= 4 is 11.6 Å². The second kappa shape index (κ2) is 7.70. The van der Waals surface area contributed by atoms with E-state index in [-0.39, 0.29) is 0 Å². The van der Waals surface area contributed by atoms with Crippen LogP contribution < -0.4 is 0 Å². The summed E-state index contributed by atoms with van der Waals surface area (Å²) in [6, 6.07) is 0. The third kappa shape index (κ3) is 4.21. The van der Waals surface area contributed by atoms with Gasteiger partial charge in [0.15, 0.2) is 0 Å². The highest BCUT2D eigenvalue weighted by molar-refractivity contribution is 6.17. The summed E-state index contributed by atoms with van der Waals surface area (Å²) in [5, 5.41) is 0. The molecule has 0 fully saturated rings. The fraction of sp³-hybridized carbons (Fsp3) is 0.714. The van der Waals surface area contributed by atoms with Crippen LogP contribution in [0.1, 0.15) is 50.7 Å². The van der Waals surface area contributed by atoms with Gasteiger partial charge in [0.2, 0.25) is 0 Å². The topological polar surface area (TPSA) is 29.0 Å². The summed E-state index contributed by atoms with van der Waals surface area (Å²) in [6.45, 7) is 11.8. The molecular formula is C14H24ClN3. The molecule has 1 aromatic rings. The average Bonchev–Trinajstić information content (AvgIpc) is 2.39. The summed E-state index contributed by atoms with van der Waals surface area (Å²) >= 11 is 5.91. The predicted molar refractivity (Wildman–Crippen MR) is 77.2 cm³/mol. The van der Waals surface area contributed by atoms with Crippen molar-refractivity contribution < 1.29 is 0 Å². The van der Waals surface area contributed by atoms with Crippen LogP contribution in [-0.2, 0) is 12.3 Å². The minimum atomic E-state index is 0.397. The average molecular weight is 270 g/mol. The molecule has 0 N–H and O–H groups in total. The Morgan fingerprint density at radius 3 is 2.44 bits per heavy atom. The minimum absolute atomic E-state index is 0.397. The first-order valence-corrected chi connectivity index (χ1v) is 7.28. The number of alkyl halides is 1. The van der Waals surface area contributed by atoms with Crippen LogP contribution >= 0.6 is 11.6 Å². The molecule has 4 heteroatoms. The van der Waals surface area contributed by atoms with Gasteiger partial charge in [0.25, 0.3) is 0 Å². The molecule has 1 heterocycles. The maximum absolute atomic E-state index is 5.91. The van der Waals surface area contributed by atoms with Gasteiger partial charge in [0, 0.05) is 24.7 Å². The Morgan fingerprint density at radius 2 is 1.94 bits per heavy atom. The highest BCUT2D eigenvalue weighted by atomic mass is 35.5. The number of nitrogens with zero attached hydrogens (tertiary/aromatic N) is 3. The fourth-order valence-corrected chi connectivity index (χ4v) is 2.19. The summed E-state index contributed by atoms with van der Waals surface area (Å²) in [5.74, 6) is 1.82. The fourth-order valence-electron chi connectivity index (χ4n) is 1.98. The van der Waals surface area contributed by atoms with Crippen LogP contribution in [0.2, 0.25) is 0 Å². The number of likely N-dealkylation sites (N-methyl/N-ethyl adjacent to an activating group) is 1. The van der Waals surface area contributed by atoms with Gasteiger partial charge in [0.05, 0.1) is 11.6 Å². The largest absolute Gasteiger partial charge is 0.303 e. The second-order valence-corrected chi connectivity index (χ2v) is 5.03. The van der Waals surface area contributed by atoms with Crippen molar-refractivity contribution in [2.24, 2.45) is 0 Å². The van der Waals surface area contributed by atoms with E-state index < -0.39 is 0 Å².